The van der Waals surface area contributed by atoms with Crippen molar-refractivity contribution >= 4 is 27.5 Å². The van der Waals surface area contributed by atoms with E-state index in [0.717, 1.165) is 0 Å². The Labute approximate surface area is 156 Å². The van der Waals surface area contributed by atoms with Crippen LogP contribution in [-0.4, -0.2) is 44.9 Å². The van der Waals surface area contributed by atoms with E-state index in [9.17, 15) is 13.2 Å². The second-order valence-corrected chi connectivity index (χ2v) is 8.19. The molecule has 0 spiro atoms. The van der Waals surface area contributed by atoms with Crippen LogP contribution in [0.15, 0.2) is 45.9 Å². The fourth-order valence-electron chi connectivity index (χ4n) is 2.66. The van der Waals surface area contributed by atoms with Crippen LogP contribution in [-0.2, 0) is 14.8 Å². The van der Waals surface area contributed by atoms with Crippen LogP contribution in [0.5, 0.6) is 0 Å². The maximum atomic E-state index is 12.8. The lowest BCUT2D eigenvalue weighted by atomic mass is 10.2. The van der Waals surface area contributed by atoms with Crippen molar-refractivity contribution in [2.45, 2.75) is 17.9 Å². The molecule has 1 aliphatic rings. The Morgan fingerprint density at radius 3 is 2.65 bits per heavy atom. The minimum atomic E-state index is -3.80. The minimum Gasteiger partial charge on any atom is -0.467 e. The first-order valence-corrected chi connectivity index (χ1v) is 9.93. The summed E-state index contributed by atoms with van der Waals surface area (Å²) < 4.78 is 37.4. The number of morpholine rings is 1. The highest BCUT2D eigenvalue weighted by Crippen LogP contribution is 2.27. The van der Waals surface area contributed by atoms with Gasteiger partial charge in [-0.15, -0.1) is 0 Å². The number of ether oxygens (including phenoxy) is 1. The molecule has 1 atom stereocenters. The van der Waals surface area contributed by atoms with Crippen molar-refractivity contribution in [3.8, 4) is 0 Å². The van der Waals surface area contributed by atoms with Crippen molar-refractivity contribution in [3.05, 3.63) is 52.9 Å². The van der Waals surface area contributed by atoms with Crippen LogP contribution in [0, 0.1) is 0 Å². The van der Waals surface area contributed by atoms with Crippen molar-refractivity contribution < 1.29 is 22.4 Å². The summed E-state index contributed by atoms with van der Waals surface area (Å²) in [5.74, 6) is 0.192. The highest BCUT2D eigenvalue weighted by Gasteiger charge is 2.29. The van der Waals surface area contributed by atoms with Crippen molar-refractivity contribution in [2.24, 2.45) is 0 Å². The number of sulfonamides is 1. The van der Waals surface area contributed by atoms with E-state index in [0.29, 0.717) is 19.0 Å². The number of hydrogen-bond donors (Lipinski definition) is 1. The standard InChI is InChI=1S/C17H19ClN2O5S/c1-12(15-3-2-8-25-15)19-17(21)13-4-5-14(18)16(11-13)26(22,23)20-6-9-24-10-7-20/h2-5,8,11-12H,6-7,9-10H2,1H3,(H,19,21)/t12-/m0/s1. The molecule has 0 aliphatic carbocycles. The molecule has 2 heterocycles. The van der Waals surface area contributed by atoms with E-state index < -0.39 is 15.9 Å². The summed E-state index contributed by atoms with van der Waals surface area (Å²) in [5.41, 5.74) is 0.208. The molecule has 3 rings (SSSR count). The number of hydrogen-bond acceptors (Lipinski definition) is 5. The summed E-state index contributed by atoms with van der Waals surface area (Å²) >= 11 is 6.11. The van der Waals surface area contributed by atoms with E-state index in [2.05, 4.69) is 5.32 Å². The number of rotatable bonds is 5. The van der Waals surface area contributed by atoms with Crippen LogP contribution in [0.25, 0.3) is 0 Å². The molecule has 1 aromatic carbocycles. The Kier molecular flexibility index (Phi) is 5.67. The van der Waals surface area contributed by atoms with E-state index in [1.54, 1.807) is 19.1 Å². The van der Waals surface area contributed by atoms with E-state index >= 15 is 0 Å². The van der Waals surface area contributed by atoms with Crippen molar-refractivity contribution in [2.75, 3.05) is 26.3 Å². The molecular weight excluding hydrogens is 380 g/mol. The van der Waals surface area contributed by atoms with Gasteiger partial charge in [-0.1, -0.05) is 11.6 Å². The number of furan rings is 1. The topological polar surface area (TPSA) is 88.9 Å². The largest absolute Gasteiger partial charge is 0.467 e. The van der Waals surface area contributed by atoms with Gasteiger partial charge < -0.3 is 14.5 Å². The predicted octanol–water partition coefficient (Wildman–Crippen LogP) is 2.44. The van der Waals surface area contributed by atoms with E-state index in [4.69, 9.17) is 20.8 Å². The maximum absolute atomic E-state index is 12.8. The predicted molar refractivity (Wildman–Crippen MR) is 95.6 cm³/mol. The Morgan fingerprint density at radius 2 is 2.00 bits per heavy atom. The van der Waals surface area contributed by atoms with Gasteiger partial charge >= 0.3 is 0 Å². The summed E-state index contributed by atoms with van der Waals surface area (Å²) in [6.45, 7) is 2.95. The highest BCUT2D eigenvalue weighted by molar-refractivity contribution is 7.89. The van der Waals surface area contributed by atoms with Crippen LogP contribution in [0.4, 0.5) is 0 Å². The Bertz CT molecular complexity index is 877. The van der Waals surface area contributed by atoms with Gasteiger partial charge in [0.15, 0.2) is 0 Å². The lowest BCUT2D eigenvalue weighted by Crippen LogP contribution is -2.40. The van der Waals surface area contributed by atoms with Gasteiger partial charge in [-0.2, -0.15) is 4.31 Å². The van der Waals surface area contributed by atoms with Gasteiger partial charge in [-0.3, -0.25) is 4.79 Å². The molecule has 26 heavy (non-hydrogen) atoms. The molecule has 1 aliphatic heterocycles. The summed E-state index contributed by atoms with van der Waals surface area (Å²) in [6.07, 6.45) is 1.52. The average Bonchev–Trinajstić information content (AvgIpc) is 3.17. The van der Waals surface area contributed by atoms with E-state index in [1.165, 1.54) is 28.8 Å². The monoisotopic (exact) mass is 398 g/mol. The number of nitrogens with one attached hydrogen (secondary N) is 1. The first-order chi connectivity index (χ1) is 12.4. The number of halogens is 1. The smallest absolute Gasteiger partial charge is 0.251 e. The second-order valence-electron chi connectivity index (χ2n) is 5.87. The van der Waals surface area contributed by atoms with Crippen LogP contribution in [0.2, 0.25) is 5.02 Å². The summed E-state index contributed by atoms with van der Waals surface area (Å²) in [5, 5.41) is 2.85. The molecule has 1 fully saturated rings. The molecular formula is C17H19ClN2O5S. The average molecular weight is 399 g/mol. The molecule has 0 radical (unpaired) electrons. The second kappa shape index (κ2) is 7.79. The van der Waals surface area contributed by atoms with Gasteiger partial charge in [0.25, 0.3) is 5.91 Å². The normalized spacial score (nSPS) is 17.0. The molecule has 1 N–H and O–H groups in total. The number of carbonyl (C=O) groups is 1. The zero-order valence-electron chi connectivity index (χ0n) is 14.1. The Morgan fingerprint density at radius 1 is 1.27 bits per heavy atom. The molecule has 7 nitrogen and oxygen atoms in total. The van der Waals surface area contributed by atoms with Gasteiger partial charge in [-0.25, -0.2) is 8.42 Å². The fourth-order valence-corrected chi connectivity index (χ4v) is 4.57. The molecule has 140 valence electrons. The quantitative estimate of drug-likeness (QED) is 0.835. The first kappa shape index (κ1) is 18.9. The van der Waals surface area contributed by atoms with Gasteiger partial charge in [0.2, 0.25) is 10.0 Å². The molecule has 1 aromatic heterocycles. The highest BCUT2D eigenvalue weighted by atomic mass is 35.5. The zero-order valence-corrected chi connectivity index (χ0v) is 15.7. The summed E-state index contributed by atoms with van der Waals surface area (Å²) in [7, 11) is -3.80. The SMILES string of the molecule is C[C@H](NC(=O)c1ccc(Cl)c(S(=O)(=O)N2CCOCC2)c1)c1ccco1. The van der Waals surface area contributed by atoms with Crippen molar-refractivity contribution in [1.82, 2.24) is 9.62 Å². The van der Waals surface area contributed by atoms with Gasteiger partial charge in [0.1, 0.15) is 10.7 Å². The van der Waals surface area contributed by atoms with Crippen molar-refractivity contribution in [1.29, 1.82) is 0 Å². The molecule has 0 bridgehead atoms. The van der Waals surface area contributed by atoms with E-state index in [-0.39, 0.29) is 34.6 Å². The fraction of sp³-hybridized carbons (Fsp3) is 0.353. The molecule has 1 saturated heterocycles. The van der Waals surface area contributed by atoms with Crippen LogP contribution in [0.3, 0.4) is 0 Å². The third kappa shape index (κ3) is 3.93. The van der Waals surface area contributed by atoms with Crippen LogP contribution >= 0.6 is 11.6 Å². The molecule has 1 amide bonds. The van der Waals surface area contributed by atoms with Gasteiger partial charge in [-0.05, 0) is 37.3 Å². The van der Waals surface area contributed by atoms with Crippen LogP contribution < -0.4 is 5.32 Å². The molecule has 2 aromatic rings. The minimum absolute atomic E-state index is 0.0760. The van der Waals surface area contributed by atoms with Gasteiger partial charge in [0.05, 0.1) is 30.5 Å². The third-order valence-corrected chi connectivity index (χ3v) is 6.48. The van der Waals surface area contributed by atoms with Gasteiger partial charge in [0, 0.05) is 18.7 Å². The number of benzene rings is 1. The Balaban J connectivity index is 1.84. The van der Waals surface area contributed by atoms with Crippen LogP contribution in [0.1, 0.15) is 29.1 Å². The summed E-state index contributed by atoms with van der Waals surface area (Å²) in [6, 6.07) is 7.34. The molecule has 0 unspecified atom stereocenters. The molecule has 9 heteroatoms. The summed E-state index contributed by atoms with van der Waals surface area (Å²) in [4.78, 5) is 12.4. The number of amides is 1. The molecule has 0 saturated carbocycles. The zero-order chi connectivity index (χ0) is 18.7. The first-order valence-electron chi connectivity index (χ1n) is 8.11. The lowest BCUT2D eigenvalue weighted by Gasteiger charge is -2.26. The Hall–Kier alpha value is -1.87. The number of nitrogens with zero attached hydrogens (tertiary/aromatic N) is 1. The maximum Gasteiger partial charge on any atom is 0.251 e. The van der Waals surface area contributed by atoms with E-state index in [1.807, 2.05) is 0 Å². The third-order valence-electron chi connectivity index (χ3n) is 4.10. The van der Waals surface area contributed by atoms with Crippen molar-refractivity contribution in [3.63, 3.8) is 0 Å². The number of carbonyl (C=O) groups excluding carboxylic acids is 1. The lowest BCUT2D eigenvalue weighted by molar-refractivity contribution is 0.0730.